The second kappa shape index (κ2) is 3.92. The first kappa shape index (κ1) is 10.4. The summed E-state index contributed by atoms with van der Waals surface area (Å²) in [6.45, 7) is 3.79. The van der Waals surface area contributed by atoms with Crippen LogP contribution in [0, 0.1) is 12.7 Å². The topological polar surface area (TPSA) is 42.7 Å². The second-order valence-electron chi connectivity index (χ2n) is 4.36. The number of aryl methyl sites for hydroxylation is 1. The molecule has 1 aliphatic heterocycles. The van der Waals surface area contributed by atoms with Gasteiger partial charge in [0.2, 0.25) is 0 Å². The Morgan fingerprint density at radius 1 is 1.41 bits per heavy atom. The van der Waals surface area contributed by atoms with Crippen molar-refractivity contribution in [3.05, 3.63) is 35.8 Å². The van der Waals surface area contributed by atoms with Crippen molar-refractivity contribution in [3.63, 3.8) is 0 Å². The van der Waals surface area contributed by atoms with Gasteiger partial charge < -0.3 is 5.32 Å². The van der Waals surface area contributed by atoms with Crippen molar-refractivity contribution in [2.45, 2.75) is 13.0 Å². The van der Waals surface area contributed by atoms with Crippen molar-refractivity contribution in [1.29, 1.82) is 0 Å². The molecule has 3 rings (SSSR count). The van der Waals surface area contributed by atoms with Crippen molar-refractivity contribution >= 4 is 0 Å². The molecule has 2 aromatic rings. The highest BCUT2D eigenvalue weighted by molar-refractivity contribution is 5.62. The quantitative estimate of drug-likeness (QED) is 0.854. The molecular formula is C12H13FN4. The highest BCUT2D eigenvalue weighted by Crippen LogP contribution is 2.23. The average Bonchev–Trinajstić information content (AvgIpc) is 2.68. The lowest BCUT2D eigenvalue weighted by Crippen LogP contribution is -2.43. The van der Waals surface area contributed by atoms with E-state index in [-0.39, 0.29) is 5.82 Å². The summed E-state index contributed by atoms with van der Waals surface area (Å²) in [4.78, 5) is 0. The van der Waals surface area contributed by atoms with Crippen LogP contribution in [0.4, 0.5) is 4.39 Å². The van der Waals surface area contributed by atoms with Crippen LogP contribution in [0.2, 0.25) is 0 Å². The first-order valence-corrected chi connectivity index (χ1v) is 5.63. The molecule has 1 fully saturated rings. The van der Waals surface area contributed by atoms with Crippen LogP contribution >= 0.6 is 0 Å². The molecule has 0 aliphatic carbocycles. The van der Waals surface area contributed by atoms with Gasteiger partial charge in [-0.25, -0.2) is 9.07 Å². The van der Waals surface area contributed by atoms with Crippen molar-refractivity contribution in [3.8, 4) is 11.3 Å². The summed E-state index contributed by atoms with van der Waals surface area (Å²) in [6.07, 6.45) is 1.88. The summed E-state index contributed by atoms with van der Waals surface area (Å²) >= 11 is 0. The van der Waals surface area contributed by atoms with Gasteiger partial charge in [0.1, 0.15) is 11.5 Å². The third-order valence-corrected chi connectivity index (χ3v) is 3.12. The summed E-state index contributed by atoms with van der Waals surface area (Å²) < 4.78 is 15.1. The Labute approximate surface area is 98.5 Å². The normalized spacial score (nSPS) is 15.9. The predicted octanol–water partition coefficient (Wildman–Crippen LogP) is 1.54. The smallest absolute Gasteiger partial charge is 0.123 e. The van der Waals surface area contributed by atoms with E-state index in [4.69, 9.17) is 0 Å². The first-order chi connectivity index (χ1) is 8.24. The minimum atomic E-state index is -0.245. The summed E-state index contributed by atoms with van der Waals surface area (Å²) in [5, 5.41) is 11.4. The van der Waals surface area contributed by atoms with E-state index in [1.54, 1.807) is 6.07 Å². The van der Waals surface area contributed by atoms with Gasteiger partial charge in [-0.15, -0.1) is 5.10 Å². The van der Waals surface area contributed by atoms with E-state index >= 15 is 0 Å². The van der Waals surface area contributed by atoms with Crippen LogP contribution < -0.4 is 5.32 Å². The Hall–Kier alpha value is -1.75. The fraction of sp³-hybridized carbons (Fsp3) is 0.333. The molecule has 1 aliphatic rings. The van der Waals surface area contributed by atoms with E-state index in [9.17, 15) is 4.39 Å². The zero-order valence-electron chi connectivity index (χ0n) is 9.52. The van der Waals surface area contributed by atoms with Crippen molar-refractivity contribution in [2.24, 2.45) is 0 Å². The molecule has 0 spiro atoms. The molecule has 1 aromatic carbocycles. The number of hydrogen-bond acceptors (Lipinski definition) is 3. The molecule has 17 heavy (non-hydrogen) atoms. The van der Waals surface area contributed by atoms with E-state index in [2.05, 4.69) is 15.6 Å². The molecule has 1 N–H and O–H groups in total. The zero-order chi connectivity index (χ0) is 11.8. The maximum Gasteiger partial charge on any atom is 0.123 e. The number of nitrogens with zero attached hydrogens (tertiary/aromatic N) is 3. The fourth-order valence-corrected chi connectivity index (χ4v) is 1.91. The molecule has 0 bridgehead atoms. The minimum Gasteiger partial charge on any atom is -0.312 e. The SMILES string of the molecule is Cc1ccc(F)cc1-c1cn(C2CNC2)nn1. The van der Waals surface area contributed by atoms with Gasteiger partial charge in [-0.2, -0.15) is 0 Å². The van der Waals surface area contributed by atoms with E-state index in [0.717, 1.165) is 29.9 Å². The highest BCUT2D eigenvalue weighted by Gasteiger charge is 2.20. The van der Waals surface area contributed by atoms with Crippen LogP contribution in [0.5, 0.6) is 0 Å². The van der Waals surface area contributed by atoms with Crippen LogP contribution in [0.3, 0.4) is 0 Å². The molecule has 1 aromatic heterocycles. The number of rotatable bonds is 2. The van der Waals surface area contributed by atoms with Crippen LogP contribution in [0.1, 0.15) is 11.6 Å². The zero-order valence-corrected chi connectivity index (χ0v) is 9.52. The maximum absolute atomic E-state index is 13.2. The van der Waals surface area contributed by atoms with Crippen LogP contribution in [0.25, 0.3) is 11.3 Å². The molecule has 0 atom stereocenters. The lowest BCUT2D eigenvalue weighted by atomic mass is 10.1. The molecule has 2 heterocycles. The minimum absolute atomic E-state index is 0.245. The van der Waals surface area contributed by atoms with Crippen molar-refractivity contribution < 1.29 is 4.39 Å². The highest BCUT2D eigenvalue weighted by atomic mass is 19.1. The number of aromatic nitrogens is 3. The number of nitrogens with one attached hydrogen (secondary N) is 1. The maximum atomic E-state index is 13.2. The lowest BCUT2D eigenvalue weighted by Gasteiger charge is -2.26. The Kier molecular flexibility index (Phi) is 2.40. The van der Waals surface area contributed by atoms with Crippen LogP contribution in [-0.4, -0.2) is 28.1 Å². The summed E-state index contributed by atoms with van der Waals surface area (Å²) in [5.41, 5.74) is 2.54. The third-order valence-electron chi connectivity index (χ3n) is 3.12. The molecule has 88 valence electrons. The number of halogens is 1. The van der Waals surface area contributed by atoms with Crippen molar-refractivity contribution in [1.82, 2.24) is 20.3 Å². The Morgan fingerprint density at radius 2 is 2.24 bits per heavy atom. The summed E-state index contributed by atoms with van der Waals surface area (Å²) in [5.74, 6) is -0.245. The lowest BCUT2D eigenvalue weighted by molar-refractivity contribution is 0.313. The van der Waals surface area contributed by atoms with Gasteiger partial charge >= 0.3 is 0 Å². The van der Waals surface area contributed by atoms with Crippen LogP contribution in [0.15, 0.2) is 24.4 Å². The largest absolute Gasteiger partial charge is 0.312 e. The van der Waals surface area contributed by atoms with E-state index in [1.165, 1.54) is 12.1 Å². The average molecular weight is 232 g/mol. The van der Waals surface area contributed by atoms with Gasteiger partial charge in [-0.1, -0.05) is 11.3 Å². The predicted molar refractivity (Wildman–Crippen MR) is 62.1 cm³/mol. The van der Waals surface area contributed by atoms with Gasteiger partial charge in [0.05, 0.1) is 12.2 Å². The van der Waals surface area contributed by atoms with Crippen LogP contribution in [-0.2, 0) is 0 Å². The number of hydrogen-bond donors (Lipinski definition) is 1. The molecular weight excluding hydrogens is 219 g/mol. The first-order valence-electron chi connectivity index (χ1n) is 5.63. The molecule has 0 saturated carbocycles. The van der Waals surface area contributed by atoms with Gasteiger partial charge in [0.25, 0.3) is 0 Å². The molecule has 1 saturated heterocycles. The molecule has 0 radical (unpaired) electrons. The molecule has 0 amide bonds. The van der Waals surface area contributed by atoms with E-state index in [0.29, 0.717) is 6.04 Å². The van der Waals surface area contributed by atoms with Gasteiger partial charge in [0, 0.05) is 18.7 Å². The van der Waals surface area contributed by atoms with Gasteiger partial charge in [-0.05, 0) is 24.6 Å². The Morgan fingerprint density at radius 3 is 2.94 bits per heavy atom. The Balaban J connectivity index is 1.97. The molecule has 5 heteroatoms. The third kappa shape index (κ3) is 1.82. The van der Waals surface area contributed by atoms with E-state index < -0.39 is 0 Å². The summed E-state index contributed by atoms with van der Waals surface area (Å²) in [6, 6.07) is 5.10. The number of benzene rings is 1. The van der Waals surface area contributed by atoms with Gasteiger partial charge in [-0.3, -0.25) is 0 Å². The van der Waals surface area contributed by atoms with E-state index in [1.807, 2.05) is 17.8 Å². The Bertz CT molecular complexity index is 545. The monoisotopic (exact) mass is 232 g/mol. The molecule has 4 nitrogen and oxygen atoms in total. The standard InChI is InChI=1S/C12H13FN4/c1-8-2-3-9(13)4-11(8)12-7-17(16-15-12)10-5-14-6-10/h2-4,7,10,14H,5-6H2,1H3. The molecule has 0 unspecified atom stereocenters. The second-order valence-corrected chi connectivity index (χ2v) is 4.36. The summed E-state index contributed by atoms with van der Waals surface area (Å²) in [7, 11) is 0. The fourth-order valence-electron chi connectivity index (χ4n) is 1.91. The van der Waals surface area contributed by atoms with Gasteiger partial charge in [0.15, 0.2) is 0 Å². The van der Waals surface area contributed by atoms with Crippen molar-refractivity contribution in [2.75, 3.05) is 13.1 Å².